The molecule has 124 valence electrons. The summed E-state index contributed by atoms with van der Waals surface area (Å²) < 4.78 is 2.18. The molecule has 0 saturated carbocycles. The molecule has 1 amide bonds. The zero-order valence-electron chi connectivity index (χ0n) is 13.7. The third-order valence-corrected chi connectivity index (χ3v) is 4.86. The van der Waals surface area contributed by atoms with E-state index in [0.29, 0.717) is 10.6 Å². The van der Waals surface area contributed by atoms with Gasteiger partial charge in [0.25, 0.3) is 0 Å². The maximum absolute atomic E-state index is 12.7. The van der Waals surface area contributed by atoms with Crippen LogP contribution < -0.4 is 5.32 Å². The lowest BCUT2D eigenvalue weighted by Crippen LogP contribution is -2.24. The second-order valence-corrected chi connectivity index (χ2v) is 7.08. The van der Waals surface area contributed by atoms with E-state index in [1.165, 1.54) is 0 Å². The Bertz CT molecular complexity index is 904. The predicted molar refractivity (Wildman–Crippen MR) is 100.0 cm³/mol. The van der Waals surface area contributed by atoms with Crippen LogP contribution in [0.5, 0.6) is 0 Å². The molecule has 0 bridgehead atoms. The summed E-state index contributed by atoms with van der Waals surface area (Å²) in [7, 11) is 0. The first-order valence-corrected chi connectivity index (χ1v) is 8.84. The molecule has 0 aliphatic carbocycles. The summed E-state index contributed by atoms with van der Waals surface area (Å²) in [6.45, 7) is 5.83. The molecule has 5 nitrogen and oxygen atoms in total. The molecule has 1 unspecified atom stereocenters. The lowest BCUT2D eigenvalue weighted by Gasteiger charge is -2.16. The highest BCUT2D eigenvalue weighted by molar-refractivity contribution is 7.71. The summed E-state index contributed by atoms with van der Waals surface area (Å²) in [5, 5.41) is 12.0. The van der Waals surface area contributed by atoms with Gasteiger partial charge in [0.05, 0.1) is 4.88 Å². The number of H-pyrrole nitrogens is 1. The Morgan fingerprint density at radius 1 is 1.33 bits per heavy atom. The van der Waals surface area contributed by atoms with Crippen LogP contribution >= 0.6 is 23.6 Å². The Balaban J connectivity index is 1.89. The van der Waals surface area contributed by atoms with Gasteiger partial charge in [-0.25, -0.2) is 0 Å². The number of carbonyl (C=O) groups excluding carboxylic acids is 1. The molecule has 0 radical (unpaired) electrons. The van der Waals surface area contributed by atoms with Crippen molar-refractivity contribution in [1.29, 1.82) is 0 Å². The van der Waals surface area contributed by atoms with Gasteiger partial charge in [0.1, 0.15) is 6.04 Å². The zero-order chi connectivity index (χ0) is 17.3. The van der Waals surface area contributed by atoms with E-state index in [4.69, 9.17) is 12.2 Å². The molecule has 0 aliphatic heterocycles. The number of aryl methyl sites for hydroxylation is 2. The third kappa shape index (κ3) is 3.32. The van der Waals surface area contributed by atoms with Gasteiger partial charge < -0.3 is 5.32 Å². The molecule has 2 heterocycles. The van der Waals surface area contributed by atoms with Crippen molar-refractivity contribution >= 4 is 35.1 Å². The lowest BCUT2D eigenvalue weighted by molar-refractivity contribution is -0.118. The second kappa shape index (κ2) is 6.70. The van der Waals surface area contributed by atoms with Crippen molar-refractivity contribution in [2.24, 2.45) is 0 Å². The van der Waals surface area contributed by atoms with Gasteiger partial charge in [0.15, 0.2) is 10.6 Å². The summed E-state index contributed by atoms with van der Waals surface area (Å²) in [4.78, 5) is 13.7. The van der Waals surface area contributed by atoms with Crippen LogP contribution in [0.4, 0.5) is 5.69 Å². The standard InChI is InChI=1S/C17H18N4OS2/c1-10-7-11(2)9-13(8-10)18-16(22)12(3)21-15(19-20-17(21)23)14-5-4-6-24-14/h4-9,12H,1-3H3,(H,18,22)(H,20,23). The van der Waals surface area contributed by atoms with Gasteiger partial charge in [-0.2, -0.15) is 5.10 Å². The average molecular weight is 358 g/mol. The van der Waals surface area contributed by atoms with E-state index in [-0.39, 0.29) is 5.91 Å². The maximum atomic E-state index is 12.7. The highest BCUT2D eigenvalue weighted by atomic mass is 32.1. The van der Waals surface area contributed by atoms with Crippen molar-refractivity contribution in [2.45, 2.75) is 26.8 Å². The fourth-order valence-electron chi connectivity index (χ4n) is 2.65. The molecule has 3 aromatic rings. The summed E-state index contributed by atoms with van der Waals surface area (Å²) in [6, 6.07) is 9.40. The number of nitrogens with one attached hydrogen (secondary N) is 2. The molecule has 24 heavy (non-hydrogen) atoms. The summed E-state index contributed by atoms with van der Waals surface area (Å²) in [6.07, 6.45) is 0. The van der Waals surface area contributed by atoms with E-state index in [2.05, 4.69) is 21.6 Å². The number of rotatable bonds is 4. The van der Waals surface area contributed by atoms with E-state index >= 15 is 0 Å². The van der Waals surface area contributed by atoms with Crippen LogP contribution in [0.1, 0.15) is 24.1 Å². The molecule has 2 N–H and O–H groups in total. The fourth-order valence-corrected chi connectivity index (χ4v) is 3.65. The maximum Gasteiger partial charge on any atom is 0.247 e. The first-order chi connectivity index (χ1) is 11.5. The molecule has 3 rings (SSSR count). The number of nitrogens with zero attached hydrogens (tertiary/aromatic N) is 2. The monoisotopic (exact) mass is 358 g/mol. The predicted octanol–water partition coefficient (Wildman–Crippen LogP) is 4.49. The summed E-state index contributed by atoms with van der Waals surface area (Å²) >= 11 is 6.88. The van der Waals surface area contributed by atoms with Crippen LogP contribution in [0, 0.1) is 18.6 Å². The smallest absolute Gasteiger partial charge is 0.247 e. The van der Waals surface area contributed by atoms with Crippen LogP contribution in [0.2, 0.25) is 0 Å². The average Bonchev–Trinajstić information content (AvgIpc) is 3.14. The van der Waals surface area contributed by atoms with Gasteiger partial charge in [-0.3, -0.25) is 14.5 Å². The first kappa shape index (κ1) is 16.6. The van der Waals surface area contributed by atoms with Crippen molar-refractivity contribution in [3.8, 4) is 10.7 Å². The summed E-state index contributed by atoms with van der Waals surface area (Å²) in [5.74, 6) is 0.549. The van der Waals surface area contributed by atoms with Gasteiger partial charge in [-0.15, -0.1) is 11.3 Å². The normalized spacial score (nSPS) is 12.1. The van der Waals surface area contributed by atoms with Crippen LogP contribution in [-0.4, -0.2) is 20.7 Å². The minimum absolute atomic E-state index is 0.129. The Morgan fingerprint density at radius 2 is 2.04 bits per heavy atom. The number of thiophene rings is 1. The number of aromatic amines is 1. The number of anilines is 1. The van der Waals surface area contributed by atoms with E-state index in [0.717, 1.165) is 21.7 Å². The molecule has 0 fully saturated rings. The van der Waals surface area contributed by atoms with Crippen LogP contribution in [-0.2, 0) is 4.79 Å². The zero-order valence-corrected chi connectivity index (χ0v) is 15.3. The van der Waals surface area contributed by atoms with Crippen LogP contribution in [0.25, 0.3) is 10.7 Å². The minimum Gasteiger partial charge on any atom is -0.324 e. The van der Waals surface area contributed by atoms with Crippen molar-refractivity contribution in [3.05, 3.63) is 51.6 Å². The molecule has 0 saturated heterocycles. The van der Waals surface area contributed by atoms with Crippen molar-refractivity contribution < 1.29 is 4.79 Å². The van der Waals surface area contributed by atoms with Gasteiger partial charge in [0, 0.05) is 5.69 Å². The molecule has 7 heteroatoms. The van der Waals surface area contributed by atoms with Crippen LogP contribution in [0.15, 0.2) is 35.7 Å². The van der Waals surface area contributed by atoms with Crippen molar-refractivity contribution in [1.82, 2.24) is 14.8 Å². The Labute approximate surface area is 149 Å². The third-order valence-electron chi connectivity index (χ3n) is 3.70. The molecule has 2 aromatic heterocycles. The minimum atomic E-state index is -0.478. The summed E-state index contributed by atoms with van der Waals surface area (Å²) in [5.41, 5.74) is 3.01. The number of hydrogen-bond donors (Lipinski definition) is 2. The Kier molecular flexibility index (Phi) is 4.64. The molecular weight excluding hydrogens is 340 g/mol. The molecular formula is C17H18N4OS2. The highest BCUT2D eigenvalue weighted by Gasteiger charge is 2.21. The highest BCUT2D eigenvalue weighted by Crippen LogP contribution is 2.26. The molecule has 1 aromatic carbocycles. The van der Waals surface area contributed by atoms with Crippen molar-refractivity contribution in [2.75, 3.05) is 5.32 Å². The van der Waals surface area contributed by atoms with Gasteiger partial charge in [0.2, 0.25) is 5.91 Å². The van der Waals surface area contributed by atoms with Crippen molar-refractivity contribution in [3.63, 3.8) is 0 Å². The van der Waals surface area contributed by atoms with Crippen LogP contribution in [0.3, 0.4) is 0 Å². The van der Waals surface area contributed by atoms with Gasteiger partial charge in [-0.1, -0.05) is 12.1 Å². The Hall–Kier alpha value is -2.25. The quantitative estimate of drug-likeness (QED) is 0.676. The second-order valence-electron chi connectivity index (χ2n) is 5.74. The SMILES string of the molecule is Cc1cc(C)cc(NC(=O)C(C)n2c(-c3cccs3)n[nH]c2=S)c1. The Morgan fingerprint density at radius 3 is 2.67 bits per heavy atom. The van der Waals surface area contributed by atoms with E-state index in [9.17, 15) is 4.79 Å². The largest absolute Gasteiger partial charge is 0.324 e. The molecule has 0 spiro atoms. The molecule has 0 aliphatic rings. The number of amides is 1. The van der Waals surface area contributed by atoms with E-state index < -0.39 is 6.04 Å². The van der Waals surface area contributed by atoms with E-state index in [1.807, 2.05) is 50.4 Å². The van der Waals surface area contributed by atoms with Gasteiger partial charge >= 0.3 is 0 Å². The first-order valence-electron chi connectivity index (χ1n) is 7.55. The van der Waals surface area contributed by atoms with E-state index in [1.54, 1.807) is 15.9 Å². The number of aromatic nitrogens is 3. The topological polar surface area (TPSA) is 62.7 Å². The van der Waals surface area contributed by atoms with Gasteiger partial charge in [-0.05, 0) is 67.7 Å². The fraction of sp³-hybridized carbons (Fsp3) is 0.235. The lowest BCUT2D eigenvalue weighted by atomic mass is 10.1. The number of benzene rings is 1. The number of hydrogen-bond acceptors (Lipinski definition) is 4. The molecule has 1 atom stereocenters. The number of carbonyl (C=O) groups is 1.